The number of rotatable bonds is 10. The van der Waals surface area contributed by atoms with Gasteiger partial charge in [-0.1, -0.05) is 16.9 Å². The summed E-state index contributed by atoms with van der Waals surface area (Å²) in [5.74, 6) is -2.85. The summed E-state index contributed by atoms with van der Waals surface area (Å²) in [5, 5.41) is 21.1. The summed E-state index contributed by atoms with van der Waals surface area (Å²) in [7, 11) is -2.15. The number of alkyl halides is 1. The highest BCUT2D eigenvalue weighted by atomic mass is 35.5. The number of anilines is 1. The Balaban J connectivity index is 1.78. The SMILES string of the molecule is CO/N=C(\C(=O)NC1C(=O)N(S(=O)(=O)O)C1CSc1nnnn1C)c1csc(NC(=O)CCl)n1. The molecule has 1 aliphatic rings. The zero-order chi connectivity index (χ0) is 25.0. The van der Waals surface area contributed by atoms with E-state index in [1.54, 1.807) is 7.05 Å². The van der Waals surface area contributed by atoms with E-state index in [-0.39, 0.29) is 32.5 Å². The lowest BCUT2D eigenvalue weighted by atomic mass is 10.0. The molecule has 0 spiro atoms. The fourth-order valence-electron chi connectivity index (χ4n) is 2.73. The van der Waals surface area contributed by atoms with Crippen molar-refractivity contribution in [1.82, 2.24) is 34.8 Å². The van der Waals surface area contributed by atoms with Gasteiger partial charge in [-0.15, -0.1) is 28.0 Å². The van der Waals surface area contributed by atoms with Gasteiger partial charge in [0.15, 0.2) is 10.8 Å². The zero-order valence-electron chi connectivity index (χ0n) is 17.3. The van der Waals surface area contributed by atoms with Crippen LogP contribution < -0.4 is 10.6 Å². The average molecular weight is 554 g/mol. The van der Waals surface area contributed by atoms with Crippen LogP contribution in [0.2, 0.25) is 0 Å². The average Bonchev–Trinajstić information content (AvgIpc) is 3.40. The molecule has 20 heteroatoms. The van der Waals surface area contributed by atoms with E-state index in [0.717, 1.165) is 23.1 Å². The number of aromatic nitrogens is 5. The van der Waals surface area contributed by atoms with Gasteiger partial charge in [0.2, 0.25) is 11.1 Å². The summed E-state index contributed by atoms with van der Waals surface area (Å²) in [6.07, 6.45) is 0. The van der Waals surface area contributed by atoms with Crippen molar-refractivity contribution in [1.29, 1.82) is 0 Å². The number of thioether (sulfide) groups is 1. The molecule has 1 aliphatic heterocycles. The number of amides is 3. The Bertz CT molecular complexity index is 1230. The van der Waals surface area contributed by atoms with E-state index in [1.165, 1.54) is 17.2 Å². The van der Waals surface area contributed by atoms with Crippen molar-refractivity contribution in [2.75, 3.05) is 24.1 Å². The summed E-state index contributed by atoms with van der Waals surface area (Å²) >= 11 is 7.43. The third-order valence-corrected chi connectivity index (χ3v) is 7.24. The summed E-state index contributed by atoms with van der Waals surface area (Å²) in [5.41, 5.74) is -0.323. The number of nitrogens with one attached hydrogen (secondary N) is 2. The van der Waals surface area contributed by atoms with Gasteiger partial charge in [0.05, 0.1) is 6.04 Å². The Morgan fingerprint density at radius 3 is 2.76 bits per heavy atom. The van der Waals surface area contributed by atoms with Crippen LogP contribution in [0.4, 0.5) is 5.13 Å². The lowest BCUT2D eigenvalue weighted by Gasteiger charge is -2.43. The molecule has 1 fully saturated rings. The Hall–Kier alpha value is -2.87. The molecule has 0 aromatic carbocycles. The molecule has 0 aliphatic carbocycles. The molecular weight excluding hydrogens is 538 g/mol. The van der Waals surface area contributed by atoms with E-state index in [9.17, 15) is 27.4 Å². The maximum absolute atomic E-state index is 12.9. The smallest absolute Gasteiger partial charge is 0.362 e. The van der Waals surface area contributed by atoms with Gasteiger partial charge < -0.3 is 15.5 Å². The van der Waals surface area contributed by atoms with Gasteiger partial charge in [-0.05, 0) is 10.4 Å². The Labute approximate surface area is 204 Å². The predicted octanol–water partition coefficient (Wildman–Crippen LogP) is -1.51. The zero-order valence-corrected chi connectivity index (χ0v) is 20.5. The summed E-state index contributed by atoms with van der Waals surface area (Å²) in [6, 6.07) is -2.47. The molecule has 3 amide bonds. The molecule has 184 valence electrons. The summed E-state index contributed by atoms with van der Waals surface area (Å²) in [4.78, 5) is 45.5. The van der Waals surface area contributed by atoms with Gasteiger partial charge in [0, 0.05) is 18.2 Å². The number of hydrogen-bond donors (Lipinski definition) is 3. The third kappa shape index (κ3) is 5.60. The minimum atomic E-state index is -4.88. The van der Waals surface area contributed by atoms with Crippen LogP contribution in [0, 0.1) is 0 Å². The van der Waals surface area contributed by atoms with Crippen LogP contribution in [-0.2, 0) is 36.6 Å². The van der Waals surface area contributed by atoms with Crippen LogP contribution in [0.3, 0.4) is 0 Å². The van der Waals surface area contributed by atoms with Crippen molar-refractivity contribution in [2.24, 2.45) is 12.2 Å². The van der Waals surface area contributed by atoms with Crippen LogP contribution in [0.1, 0.15) is 5.69 Å². The molecule has 2 unspecified atom stereocenters. The first-order valence-corrected chi connectivity index (χ1v) is 12.8. The van der Waals surface area contributed by atoms with Crippen LogP contribution in [0.5, 0.6) is 0 Å². The largest absolute Gasteiger partial charge is 0.398 e. The number of tetrazole rings is 1. The van der Waals surface area contributed by atoms with Crippen LogP contribution in [0.15, 0.2) is 15.7 Å². The quantitative estimate of drug-likeness (QED) is 0.0764. The van der Waals surface area contributed by atoms with Crippen LogP contribution in [-0.4, -0.2) is 96.7 Å². The van der Waals surface area contributed by atoms with E-state index in [2.05, 4.69) is 41.1 Å². The highest BCUT2D eigenvalue weighted by Crippen LogP contribution is 2.29. The van der Waals surface area contributed by atoms with E-state index >= 15 is 0 Å². The molecule has 0 saturated carbocycles. The minimum Gasteiger partial charge on any atom is -0.398 e. The highest BCUT2D eigenvalue weighted by molar-refractivity contribution is 7.99. The van der Waals surface area contributed by atoms with Crippen molar-refractivity contribution < 1.29 is 32.2 Å². The van der Waals surface area contributed by atoms with Crippen molar-refractivity contribution in [3.8, 4) is 0 Å². The van der Waals surface area contributed by atoms with Crippen molar-refractivity contribution in [3.05, 3.63) is 11.1 Å². The minimum absolute atomic E-state index is 0.0173. The van der Waals surface area contributed by atoms with Gasteiger partial charge in [0.25, 0.3) is 11.8 Å². The third-order valence-electron chi connectivity index (χ3n) is 4.18. The number of β-lactam (4-membered cyclic amide) rings is 1. The number of nitrogens with zero attached hydrogens (tertiary/aromatic N) is 7. The van der Waals surface area contributed by atoms with Gasteiger partial charge >= 0.3 is 10.3 Å². The number of halogens is 1. The fourth-order valence-corrected chi connectivity index (χ4v) is 5.46. The van der Waals surface area contributed by atoms with Gasteiger partial charge in [-0.2, -0.15) is 8.42 Å². The van der Waals surface area contributed by atoms with E-state index in [0.29, 0.717) is 5.16 Å². The monoisotopic (exact) mass is 553 g/mol. The van der Waals surface area contributed by atoms with E-state index < -0.39 is 40.1 Å². The number of carbonyl (C=O) groups excluding carboxylic acids is 3. The molecular formula is C14H16ClN9O7S3. The maximum atomic E-state index is 12.9. The first-order valence-electron chi connectivity index (χ1n) is 8.96. The lowest BCUT2D eigenvalue weighted by Crippen LogP contribution is -2.73. The maximum Gasteiger partial charge on any atom is 0.362 e. The molecule has 3 N–H and O–H groups in total. The molecule has 0 radical (unpaired) electrons. The van der Waals surface area contributed by atoms with Gasteiger partial charge in [0.1, 0.15) is 24.7 Å². The van der Waals surface area contributed by atoms with Crippen LogP contribution >= 0.6 is 34.7 Å². The van der Waals surface area contributed by atoms with Crippen LogP contribution in [0.25, 0.3) is 0 Å². The number of oxime groups is 1. The number of hydrogen-bond acceptors (Lipinski definition) is 13. The second-order valence-corrected chi connectivity index (χ2v) is 9.77. The van der Waals surface area contributed by atoms with Gasteiger partial charge in [-0.3, -0.25) is 18.9 Å². The molecule has 3 rings (SSSR count). The topological polar surface area (TPSA) is 211 Å². The van der Waals surface area contributed by atoms with E-state index in [4.69, 9.17) is 11.6 Å². The summed E-state index contributed by atoms with van der Waals surface area (Å²) in [6.45, 7) is 0. The number of thiazole rings is 1. The van der Waals surface area contributed by atoms with Crippen molar-refractivity contribution >= 4 is 73.6 Å². The standard InChI is InChI=1S/C14H16ClN9O7S3/c1-23-14(19-21-22-23)33-5-7-10(12(27)24(7)34(28,29)30)18-11(26)9(20-31-2)6-4-32-13(16-6)17-8(25)3-15/h4,7,10H,3,5H2,1-2H3,(H,18,26)(H,16,17,25)(H,28,29,30)/b20-9-. The predicted molar refractivity (Wildman–Crippen MR) is 119 cm³/mol. The van der Waals surface area contributed by atoms with Gasteiger partial charge in [-0.25, -0.2) is 14.0 Å². The first-order chi connectivity index (χ1) is 16.1. The Morgan fingerprint density at radius 1 is 1.44 bits per heavy atom. The Morgan fingerprint density at radius 2 is 2.18 bits per heavy atom. The molecule has 2 aromatic heterocycles. The molecule has 1 saturated heterocycles. The molecule has 0 bridgehead atoms. The molecule has 16 nitrogen and oxygen atoms in total. The summed E-state index contributed by atoms with van der Waals surface area (Å²) < 4.78 is 34.3. The van der Waals surface area contributed by atoms with E-state index in [1.807, 2.05) is 0 Å². The normalized spacial score (nSPS) is 18.4. The second-order valence-electron chi connectivity index (χ2n) is 6.37. The second kappa shape index (κ2) is 10.6. The highest BCUT2D eigenvalue weighted by Gasteiger charge is 2.54. The number of aryl methyl sites for hydroxylation is 1. The molecule has 34 heavy (non-hydrogen) atoms. The fraction of sp³-hybridized carbons (Fsp3) is 0.429. The van der Waals surface area contributed by atoms with Crippen molar-refractivity contribution in [2.45, 2.75) is 17.2 Å². The Kier molecular flexibility index (Phi) is 8.02. The first kappa shape index (κ1) is 25.7. The molecule has 2 aromatic rings. The molecule has 3 heterocycles. The molecule has 2 atom stereocenters. The lowest BCUT2D eigenvalue weighted by molar-refractivity contribution is -0.143. The number of carbonyl (C=O) groups is 3. The van der Waals surface area contributed by atoms with Crippen molar-refractivity contribution in [3.63, 3.8) is 0 Å².